The molecule has 4 heterocycles. The van der Waals surface area contributed by atoms with Crippen molar-refractivity contribution in [2.24, 2.45) is 5.92 Å². The molecule has 1 N–H and O–H groups in total. The Kier molecular flexibility index (Phi) is 4.64. The molecule has 0 spiro atoms. The zero-order chi connectivity index (χ0) is 20.3. The normalized spacial score (nSPS) is 13.8. The van der Waals surface area contributed by atoms with Gasteiger partial charge in [0.25, 0.3) is 0 Å². The van der Waals surface area contributed by atoms with Gasteiger partial charge in [-0.15, -0.1) is 0 Å². The van der Waals surface area contributed by atoms with Crippen LogP contribution in [0.5, 0.6) is 0 Å². The Morgan fingerprint density at radius 3 is 2.77 bits per heavy atom. The molecule has 0 radical (unpaired) electrons. The Morgan fingerprint density at radius 1 is 1.13 bits per heavy atom. The Hall–Kier alpha value is -4.08. The molecule has 1 amide bonds. The van der Waals surface area contributed by atoms with Crippen molar-refractivity contribution in [2.45, 2.75) is 6.54 Å². The summed E-state index contributed by atoms with van der Waals surface area (Å²) in [7, 11) is 0. The van der Waals surface area contributed by atoms with Gasteiger partial charge < -0.3 is 14.7 Å². The zero-order valence-corrected chi connectivity index (χ0v) is 15.9. The molecule has 0 atom stereocenters. The lowest BCUT2D eigenvalue weighted by Gasteiger charge is -2.39. The molecule has 1 saturated heterocycles. The van der Waals surface area contributed by atoms with E-state index in [9.17, 15) is 4.79 Å². The molecule has 1 aliphatic heterocycles. The summed E-state index contributed by atoms with van der Waals surface area (Å²) in [5, 5.41) is 11.0. The smallest absolute Gasteiger partial charge is 0.246 e. The summed E-state index contributed by atoms with van der Waals surface area (Å²) in [6.07, 6.45) is 5.01. The van der Waals surface area contributed by atoms with Crippen molar-refractivity contribution in [3.8, 4) is 17.2 Å². The summed E-state index contributed by atoms with van der Waals surface area (Å²) in [4.78, 5) is 27.3. The first kappa shape index (κ1) is 18.0. The third kappa shape index (κ3) is 3.62. The zero-order valence-electron chi connectivity index (χ0n) is 15.9. The molecule has 10 heteroatoms. The van der Waals surface area contributed by atoms with Gasteiger partial charge in [-0.3, -0.25) is 4.79 Å². The third-order valence-electron chi connectivity index (χ3n) is 4.87. The highest BCUT2D eigenvalue weighted by Crippen LogP contribution is 2.23. The van der Waals surface area contributed by atoms with Gasteiger partial charge in [-0.1, -0.05) is 35.5 Å². The van der Waals surface area contributed by atoms with Gasteiger partial charge in [0.2, 0.25) is 17.6 Å². The van der Waals surface area contributed by atoms with E-state index in [4.69, 9.17) is 4.52 Å². The Balaban J connectivity index is 1.14. The highest BCUT2D eigenvalue weighted by Gasteiger charge is 2.33. The molecular weight excluding hydrogens is 384 g/mol. The first-order chi connectivity index (χ1) is 14.8. The van der Waals surface area contributed by atoms with E-state index in [1.54, 1.807) is 10.9 Å². The standard InChI is InChI=1S/C20H18N8O2/c29-20(21-10-18-25-19(26-30-18)14-5-2-1-3-6-14)15-11-27(12-15)16-9-17(23-13-22-16)28-8-4-7-24-28/h1-9,13,15H,10-12H2,(H,21,29). The molecule has 1 aromatic carbocycles. The SMILES string of the molecule is O=C(NCc1nc(-c2ccccc2)no1)C1CN(c2cc(-n3cccn3)ncn2)C1. The van der Waals surface area contributed by atoms with E-state index in [-0.39, 0.29) is 18.4 Å². The van der Waals surface area contributed by atoms with Gasteiger partial charge in [-0.2, -0.15) is 10.1 Å². The lowest BCUT2D eigenvalue weighted by atomic mass is 9.99. The lowest BCUT2D eigenvalue weighted by Crippen LogP contribution is -2.54. The average Bonchev–Trinajstić information content (AvgIpc) is 3.44. The number of nitrogens with one attached hydrogen (secondary N) is 1. The number of carbonyl (C=O) groups is 1. The van der Waals surface area contributed by atoms with Crippen molar-refractivity contribution < 1.29 is 9.32 Å². The first-order valence-electron chi connectivity index (χ1n) is 9.49. The molecule has 1 aliphatic rings. The van der Waals surface area contributed by atoms with Crippen molar-refractivity contribution in [3.05, 3.63) is 67.1 Å². The van der Waals surface area contributed by atoms with Crippen LogP contribution in [0.1, 0.15) is 5.89 Å². The average molecular weight is 402 g/mol. The molecule has 150 valence electrons. The Labute approximate surface area is 171 Å². The van der Waals surface area contributed by atoms with Crippen molar-refractivity contribution in [1.29, 1.82) is 0 Å². The van der Waals surface area contributed by atoms with E-state index in [1.165, 1.54) is 6.33 Å². The summed E-state index contributed by atoms with van der Waals surface area (Å²) >= 11 is 0. The third-order valence-corrected chi connectivity index (χ3v) is 4.87. The maximum Gasteiger partial charge on any atom is 0.246 e. The maximum atomic E-state index is 12.4. The monoisotopic (exact) mass is 402 g/mol. The molecule has 0 unspecified atom stereocenters. The minimum absolute atomic E-state index is 0.0490. The van der Waals surface area contributed by atoms with E-state index in [0.29, 0.717) is 30.6 Å². The number of rotatable bonds is 6. The fourth-order valence-electron chi connectivity index (χ4n) is 3.21. The van der Waals surface area contributed by atoms with Gasteiger partial charge in [0, 0.05) is 37.1 Å². The second kappa shape index (κ2) is 7.74. The van der Waals surface area contributed by atoms with E-state index in [0.717, 1.165) is 11.4 Å². The number of amides is 1. The van der Waals surface area contributed by atoms with Crippen LogP contribution in [0.15, 0.2) is 65.7 Å². The molecule has 3 aromatic heterocycles. The predicted octanol–water partition coefficient (Wildman–Crippen LogP) is 1.46. The highest BCUT2D eigenvalue weighted by molar-refractivity contribution is 5.81. The first-order valence-corrected chi connectivity index (χ1v) is 9.49. The molecule has 4 aromatic rings. The molecule has 10 nitrogen and oxygen atoms in total. The van der Waals surface area contributed by atoms with Gasteiger partial charge in [-0.05, 0) is 6.07 Å². The van der Waals surface area contributed by atoms with Gasteiger partial charge >= 0.3 is 0 Å². The van der Waals surface area contributed by atoms with E-state index in [2.05, 4.69) is 30.5 Å². The second-order valence-corrected chi connectivity index (χ2v) is 6.88. The van der Waals surface area contributed by atoms with Gasteiger partial charge in [-0.25, -0.2) is 14.6 Å². The van der Waals surface area contributed by atoms with Crippen LogP contribution in [0.25, 0.3) is 17.2 Å². The maximum absolute atomic E-state index is 12.4. The van der Waals surface area contributed by atoms with Crippen LogP contribution in [0, 0.1) is 5.92 Å². The number of benzene rings is 1. The fraction of sp³-hybridized carbons (Fsp3) is 0.200. The molecule has 0 aliphatic carbocycles. The molecule has 30 heavy (non-hydrogen) atoms. The Morgan fingerprint density at radius 2 is 1.97 bits per heavy atom. The molecule has 5 rings (SSSR count). The summed E-state index contributed by atoms with van der Waals surface area (Å²) in [5.74, 6) is 2.16. The largest absolute Gasteiger partial charge is 0.355 e. The van der Waals surface area contributed by atoms with Crippen LogP contribution in [-0.2, 0) is 11.3 Å². The summed E-state index contributed by atoms with van der Waals surface area (Å²) in [6, 6.07) is 13.2. The van der Waals surface area contributed by atoms with Gasteiger partial charge in [0.15, 0.2) is 5.82 Å². The number of nitrogens with zero attached hydrogens (tertiary/aromatic N) is 7. The van der Waals surface area contributed by atoms with Crippen LogP contribution in [-0.4, -0.2) is 48.9 Å². The number of carbonyl (C=O) groups excluding carboxylic acids is 1. The molecule has 0 bridgehead atoms. The van der Waals surface area contributed by atoms with Crippen molar-refractivity contribution >= 4 is 11.7 Å². The van der Waals surface area contributed by atoms with E-state index < -0.39 is 0 Å². The summed E-state index contributed by atoms with van der Waals surface area (Å²) in [6.45, 7) is 1.37. The highest BCUT2D eigenvalue weighted by atomic mass is 16.5. The summed E-state index contributed by atoms with van der Waals surface area (Å²) in [5.41, 5.74) is 0.868. The minimum Gasteiger partial charge on any atom is -0.355 e. The molecule has 1 fully saturated rings. The van der Waals surface area contributed by atoms with Gasteiger partial charge in [0.05, 0.1) is 12.5 Å². The van der Waals surface area contributed by atoms with Crippen molar-refractivity contribution in [1.82, 2.24) is 35.2 Å². The summed E-state index contributed by atoms with van der Waals surface area (Å²) < 4.78 is 6.90. The van der Waals surface area contributed by atoms with E-state index in [1.807, 2.05) is 53.6 Å². The number of hydrogen-bond donors (Lipinski definition) is 1. The van der Waals surface area contributed by atoms with Crippen LogP contribution in [0.2, 0.25) is 0 Å². The Bertz CT molecular complexity index is 1140. The fourth-order valence-corrected chi connectivity index (χ4v) is 3.21. The van der Waals surface area contributed by atoms with Crippen molar-refractivity contribution in [3.63, 3.8) is 0 Å². The topological polar surface area (TPSA) is 115 Å². The van der Waals surface area contributed by atoms with Crippen LogP contribution >= 0.6 is 0 Å². The number of aromatic nitrogens is 6. The van der Waals surface area contributed by atoms with Crippen LogP contribution in [0.4, 0.5) is 5.82 Å². The minimum atomic E-state index is -0.121. The van der Waals surface area contributed by atoms with Crippen molar-refractivity contribution in [2.75, 3.05) is 18.0 Å². The number of hydrogen-bond acceptors (Lipinski definition) is 8. The quantitative estimate of drug-likeness (QED) is 0.516. The van der Waals surface area contributed by atoms with Crippen LogP contribution < -0.4 is 10.2 Å². The second-order valence-electron chi connectivity index (χ2n) is 6.88. The van der Waals surface area contributed by atoms with Crippen LogP contribution in [0.3, 0.4) is 0 Å². The predicted molar refractivity (Wildman–Crippen MR) is 106 cm³/mol. The molecular formula is C20H18N8O2. The molecule has 0 saturated carbocycles. The van der Waals surface area contributed by atoms with Gasteiger partial charge in [0.1, 0.15) is 12.1 Å². The van der Waals surface area contributed by atoms with E-state index >= 15 is 0 Å². The lowest BCUT2D eigenvalue weighted by molar-refractivity contribution is -0.126. The number of anilines is 1.